The minimum Gasteiger partial charge on any atom is -0.326 e. The third-order valence-electron chi connectivity index (χ3n) is 4.58. The lowest BCUT2D eigenvalue weighted by Gasteiger charge is -2.07. The van der Waals surface area contributed by atoms with E-state index in [9.17, 15) is 9.59 Å². The Morgan fingerprint density at radius 1 is 1.19 bits per heavy atom. The molecule has 6 nitrogen and oxygen atoms in total. The zero-order chi connectivity index (χ0) is 19.2. The van der Waals surface area contributed by atoms with Gasteiger partial charge in [0.1, 0.15) is 5.82 Å². The highest BCUT2D eigenvalue weighted by Crippen LogP contribution is 2.38. The van der Waals surface area contributed by atoms with Crippen molar-refractivity contribution in [3.05, 3.63) is 35.7 Å². The molecule has 0 radical (unpaired) electrons. The first-order chi connectivity index (χ1) is 13.1. The van der Waals surface area contributed by atoms with Crippen LogP contribution in [0.3, 0.4) is 0 Å². The number of anilines is 1. The molecule has 144 valence electrons. The van der Waals surface area contributed by atoms with Crippen molar-refractivity contribution < 1.29 is 9.59 Å². The summed E-state index contributed by atoms with van der Waals surface area (Å²) in [6, 6.07) is 7.60. The summed E-state index contributed by atoms with van der Waals surface area (Å²) in [7, 11) is 0. The van der Waals surface area contributed by atoms with E-state index in [1.165, 1.54) is 11.8 Å². The minimum atomic E-state index is 0.0212. The Balaban J connectivity index is 1.51. The molecule has 1 aromatic heterocycles. The van der Waals surface area contributed by atoms with Crippen LogP contribution in [0.2, 0.25) is 0 Å². The molecule has 1 aliphatic carbocycles. The molecule has 0 atom stereocenters. The highest BCUT2D eigenvalue weighted by molar-refractivity contribution is 7.99. The molecule has 7 heteroatoms. The van der Waals surface area contributed by atoms with Gasteiger partial charge in [-0.05, 0) is 50.5 Å². The summed E-state index contributed by atoms with van der Waals surface area (Å²) in [6.07, 6.45) is 5.91. The van der Waals surface area contributed by atoms with Crippen molar-refractivity contribution in [2.45, 2.75) is 63.6 Å². The van der Waals surface area contributed by atoms with E-state index in [4.69, 9.17) is 0 Å². The maximum Gasteiger partial charge on any atom is 0.224 e. The summed E-state index contributed by atoms with van der Waals surface area (Å²) in [6.45, 7) is 4.06. The van der Waals surface area contributed by atoms with Crippen LogP contribution in [0.4, 0.5) is 5.69 Å². The van der Waals surface area contributed by atoms with Crippen molar-refractivity contribution in [2.24, 2.45) is 0 Å². The predicted molar refractivity (Wildman–Crippen MR) is 107 cm³/mol. The average molecular weight is 387 g/mol. The molecule has 27 heavy (non-hydrogen) atoms. The van der Waals surface area contributed by atoms with E-state index < -0.39 is 0 Å². The highest BCUT2D eigenvalue weighted by atomic mass is 32.2. The van der Waals surface area contributed by atoms with Crippen molar-refractivity contribution >= 4 is 29.1 Å². The SMILES string of the molecule is CCCCCC(=O)Nc1ccc(C(=O)CSc2nnc(C)n2C2CC2)cc1. The van der Waals surface area contributed by atoms with E-state index in [1.54, 1.807) is 24.3 Å². The van der Waals surface area contributed by atoms with Crippen LogP contribution in [0.5, 0.6) is 0 Å². The molecule has 0 aliphatic heterocycles. The smallest absolute Gasteiger partial charge is 0.224 e. The second-order valence-electron chi connectivity index (χ2n) is 6.93. The number of rotatable bonds is 10. The van der Waals surface area contributed by atoms with Gasteiger partial charge in [0.05, 0.1) is 5.75 Å². The number of hydrogen-bond donors (Lipinski definition) is 1. The Morgan fingerprint density at radius 3 is 2.59 bits per heavy atom. The van der Waals surface area contributed by atoms with Crippen LogP contribution in [0.1, 0.15) is 67.7 Å². The molecular formula is C20H26N4O2S. The molecule has 0 saturated heterocycles. The van der Waals surface area contributed by atoms with E-state index in [0.717, 1.165) is 48.8 Å². The Hall–Kier alpha value is -2.15. The second kappa shape index (κ2) is 9.17. The van der Waals surface area contributed by atoms with E-state index >= 15 is 0 Å². The third kappa shape index (κ3) is 5.42. The Kier molecular flexibility index (Phi) is 6.66. The largest absolute Gasteiger partial charge is 0.326 e. The number of Topliss-reactive ketones (excluding diaryl/α,β-unsaturated/α-hetero) is 1. The van der Waals surface area contributed by atoms with Gasteiger partial charge in [0.2, 0.25) is 5.91 Å². The fraction of sp³-hybridized carbons (Fsp3) is 0.500. The lowest BCUT2D eigenvalue weighted by atomic mass is 10.1. The number of aromatic nitrogens is 3. The van der Waals surface area contributed by atoms with Gasteiger partial charge >= 0.3 is 0 Å². The summed E-state index contributed by atoms with van der Waals surface area (Å²) in [5, 5.41) is 12.0. The lowest BCUT2D eigenvalue weighted by molar-refractivity contribution is -0.116. The van der Waals surface area contributed by atoms with Gasteiger partial charge in [-0.2, -0.15) is 0 Å². The third-order valence-corrected chi connectivity index (χ3v) is 5.52. The molecule has 1 N–H and O–H groups in total. The van der Waals surface area contributed by atoms with Gasteiger partial charge in [0, 0.05) is 23.7 Å². The molecule has 1 fully saturated rings. The first-order valence-electron chi connectivity index (χ1n) is 9.56. The van der Waals surface area contributed by atoms with E-state index in [2.05, 4.69) is 27.0 Å². The zero-order valence-electron chi connectivity index (χ0n) is 15.9. The van der Waals surface area contributed by atoms with Crippen molar-refractivity contribution in [3.63, 3.8) is 0 Å². The van der Waals surface area contributed by atoms with Gasteiger partial charge in [-0.25, -0.2) is 0 Å². The van der Waals surface area contributed by atoms with Crippen LogP contribution in [0, 0.1) is 6.92 Å². The maximum atomic E-state index is 12.5. The molecule has 1 aliphatic rings. The second-order valence-corrected chi connectivity index (χ2v) is 7.87. The molecule has 1 aromatic carbocycles. The first kappa shape index (κ1) is 19.6. The summed E-state index contributed by atoms with van der Waals surface area (Å²) in [5.41, 5.74) is 1.37. The number of nitrogens with one attached hydrogen (secondary N) is 1. The lowest BCUT2D eigenvalue weighted by Crippen LogP contribution is -2.11. The fourth-order valence-corrected chi connectivity index (χ4v) is 3.86. The topological polar surface area (TPSA) is 76.9 Å². The Labute approximate surface area is 164 Å². The maximum absolute atomic E-state index is 12.5. The van der Waals surface area contributed by atoms with E-state index in [0.29, 0.717) is 23.8 Å². The molecule has 1 heterocycles. The summed E-state index contributed by atoms with van der Waals surface area (Å²) in [5.74, 6) is 1.30. The van der Waals surface area contributed by atoms with Crippen molar-refractivity contribution in [2.75, 3.05) is 11.1 Å². The van der Waals surface area contributed by atoms with E-state index in [1.807, 2.05) is 6.92 Å². The van der Waals surface area contributed by atoms with Gasteiger partial charge in [0.15, 0.2) is 10.9 Å². The molecule has 0 bridgehead atoms. The van der Waals surface area contributed by atoms with Crippen molar-refractivity contribution in [1.82, 2.24) is 14.8 Å². The van der Waals surface area contributed by atoms with Gasteiger partial charge in [0.25, 0.3) is 0 Å². The van der Waals surface area contributed by atoms with Crippen LogP contribution in [0.15, 0.2) is 29.4 Å². The Bertz CT molecular complexity index is 797. The number of aryl methyl sites for hydroxylation is 1. The number of nitrogens with zero attached hydrogens (tertiary/aromatic N) is 3. The van der Waals surface area contributed by atoms with Gasteiger partial charge in [-0.15, -0.1) is 10.2 Å². The Morgan fingerprint density at radius 2 is 1.93 bits per heavy atom. The van der Waals surface area contributed by atoms with Crippen LogP contribution < -0.4 is 5.32 Å². The van der Waals surface area contributed by atoms with Crippen LogP contribution in [-0.2, 0) is 4.79 Å². The molecule has 2 aromatic rings. The zero-order valence-corrected chi connectivity index (χ0v) is 16.7. The predicted octanol–water partition coefficient (Wildman–Crippen LogP) is 4.42. The number of unbranched alkanes of at least 4 members (excludes halogenated alkanes) is 2. The van der Waals surface area contributed by atoms with Crippen molar-refractivity contribution in [3.8, 4) is 0 Å². The summed E-state index contributed by atoms with van der Waals surface area (Å²) >= 11 is 1.44. The first-order valence-corrected chi connectivity index (χ1v) is 10.5. The van der Waals surface area contributed by atoms with Crippen LogP contribution in [0.25, 0.3) is 0 Å². The van der Waals surface area contributed by atoms with Gasteiger partial charge in [-0.3, -0.25) is 9.59 Å². The molecule has 1 amide bonds. The monoisotopic (exact) mass is 386 g/mol. The van der Waals surface area contributed by atoms with Gasteiger partial charge < -0.3 is 9.88 Å². The molecule has 1 saturated carbocycles. The number of benzene rings is 1. The number of carbonyl (C=O) groups is 2. The van der Waals surface area contributed by atoms with Crippen LogP contribution >= 0.6 is 11.8 Å². The number of carbonyl (C=O) groups excluding carboxylic acids is 2. The highest BCUT2D eigenvalue weighted by Gasteiger charge is 2.28. The standard InChI is InChI=1S/C20H26N4O2S/c1-3-4-5-6-19(26)21-16-9-7-15(8-10-16)18(25)13-27-20-23-22-14(2)24(20)17-11-12-17/h7-10,17H,3-6,11-13H2,1-2H3,(H,21,26). The summed E-state index contributed by atoms with van der Waals surface area (Å²) in [4.78, 5) is 24.3. The van der Waals surface area contributed by atoms with Crippen LogP contribution in [-0.4, -0.2) is 32.2 Å². The number of thioether (sulfide) groups is 1. The fourth-order valence-electron chi connectivity index (χ4n) is 2.91. The normalized spacial score (nSPS) is 13.6. The quantitative estimate of drug-likeness (QED) is 0.372. The van der Waals surface area contributed by atoms with Crippen molar-refractivity contribution in [1.29, 1.82) is 0 Å². The average Bonchev–Trinajstić information content (AvgIpc) is 3.43. The molecule has 3 rings (SSSR count). The number of amides is 1. The van der Waals surface area contributed by atoms with E-state index in [-0.39, 0.29) is 11.7 Å². The summed E-state index contributed by atoms with van der Waals surface area (Å²) < 4.78 is 2.13. The number of hydrogen-bond acceptors (Lipinski definition) is 5. The van der Waals surface area contributed by atoms with Gasteiger partial charge in [-0.1, -0.05) is 31.5 Å². The minimum absolute atomic E-state index is 0.0212. The molecule has 0 spiro atoms. The molecular weight excluding hydrogens is 360 g/mol. The molecule has 0 unspecified atom stereocenters. The number of ketones is 1.